The van der Waals surface area contributed by atoms with Gasteiger partial charge in [-0.2, -0.15) is 9.57 Å². The van der Waals surface area contributed by atoms with E-state index in [-0.39, 0.29) is 36.6 Å². The summed E-state index contributed by atoms with van der Waals surface area (Å²) in [5.41, 5.74) is -0.511. The quantitative estimate of drug-likeness (QED) is 0.720. The van der Waals surface area contributed by atoms with Gasteiger partial charge in [0.15, 0.2) is 0 Å². The van der Waals surface area contributed by atoms with Crippen LogP contribution in [0.3, 0.4) is 0 Å². The Labute approximate surface area is 156 Å². The first-order valence-corrected chi connectivity index (χ1v) is 9.95. The van der Waals surface area contributed by atoms with Gasteiger partial charge in [0.25, 0.3) is 0 Å². The molecule has 0 saturated carbocycles. The van der Waals surface area contributed by atoms with Crippen LogP contribution in [0.4, 0.5) is 4.79 Å². The van der Waals surface area contributed by atoms with E-state index in [1.54, 1.807) is 26.8 Å². The molecule has 0 radical (unpaired) electrons. The van der Waals surface area contributed by atoms with E-state index in [2.05, 4.69) is 15.9 Å². The molecule has 1 fully saturated rings. The summed E-state index contributed by atoms with van der Waals surface area (Å²) in [7, 11) is -3.79. The number of sulfonamides is 1. The van der Waals surface area contributed by atoms with Crippen molar-refractivity contribution in [3.05, 3.63) is 28.2 Å². The Morgan fingerprint density at radius 1 is 1.24 bits per heavy atom. The first-order chi connectivity index (χ1) is 11.5. The highest BCUT2D eigenvalue weighted by atomic mass is 79.9. The number of nitriles is 1. The van der Waals surface area contributed by atoms with Gasteiger partial charge in [0.2, 0.25) is 10.0 Å². The number of amides is 1. The van der Waals surface area contributed by atoms with Gasteiger partial charge in [0, 0.05) is 30.7 Å². The van der Waals surface area contributed by atoms with Crippen LogP contribution in [-0.2, 0) is 14.8 Å². The molecule has 136 valence electrons. The lowest BCUT2D eigenvalue weighted by Gasteiger charge is -2.35. The van der Waals surface area contributed by atoms with E-state index in [9.17, 15) is 18.5 Å². The van der Waals surface area contributed by atoms with E-state index in [0.29, 0.717) is 4.47 Å². The van der Waals surface area contributed by atoms with Crippen molar-refractivity contribution in [2.24, 2.45) is 0 Å². The molecule has 1 aromatic carbocycles. The zero-order chi connectivity index (χ0) is 18.8. The maximum atomic E-state index is 12.8. The van der Waals surface area contributed by atoms with Crippen LogP contribution in [0.15, 0.2) is 27.6 Å². The van der Waals surface area contributed by atoms with Crippen LogP contribution in [-0.4, -0.2) is 55.5 Å². The normalized spacial score (nSPS) is 16.4. The molecule has 0 atom stereocenters. The third-order valence-corrected chi connectivity index (χ3v) is 6.02. The maximum absolute atomic E-state index is 12.8. The van der Waals surface area contributed by atoms with Crippen LogP contribution in [0.25, 0.3) is 0 Å². The number of piperazine rings is 1. The van der Waals surface area contributed by atoms with Gasteiger partial charge < -0.3 is 9.64 Å². The van der Waals surface area contributed by atoms with Crippen molar-refractivity contribution in [2.45, 2.75) is 31.3 Å². The number of benzene rings is 1. The number of ether oxygens (including phenoxy) is 1. The first-order valence-electron chi connectivity index (χ1n) is 7.72. The predicted molar refractivity (Wildman–Crippen MR) is 95.4 cm³/mol. The summed E-state index contributed by atoms with van der Waals surface area (Å²) < 4.78 is 32.8. The molecular weight excluding hydrogens is 410 g/mol. The fourth-order valence-electron chi connectivity index (χ4n) is 2.39. The Morgan fingerprint density at radius 2 is 1.84 bits per heavy atom. The molecule has 1 heterocycles. The van der Waals surface area contributed by atoms with Gasteiger partial charge in [-0.05, 0) is 39.0 Å². The molecule has 0 unspecified atom stereocenters. The van der Waals surface area contributed by atoms with E-state index in [1.165, 1.54) is 21.3 Å². The van der Waals surface area contributed by atoms with Gasteiger partial charge in [-0.25, -0.2) is 13.2 Å². The minimum atomic E-state index is -3.79. The minimum Gasteiger partial charge on any atom is -0.444 e. The van der Waals surface area contributed by atoms with Gasteiger partial charge >= 0.3 is 6.09 Å². The number of carbonyl (C=O) groups is 1. The molecule has 0 aliphatic carbocycles. The summed E-state index contributed by atoms with van der Waals surface area (Å²) in [5.74, 6) is 0. The van der Waals surface area contributed by atoms with Crippen molar-refractivity contribution in [1.29, 1.82) is 5.26 Å². The zero-order valence-corrected chi connectivity index (χ0v) is 16.7. The highest BCUT2D eigenvalue weighted by molar-refractivity contribution is 9.10. The topological polar surface area (TPSA) is 90.7 Å². The van der Waals surface area contributed by atoms with Gasteiger partial charge in [-0.15, -0.1) is 0 Å². The molecule has 2 rings (SSSR count). The Balaban J connectivity index is 2.12. The second-order valence-corrected chi connectivity index (χ2v) is 9.45. The highest BCUT2D eigenvalue weighted by Crippen LogP contribution is 2.24. The standard InChI is InChI=1S/C16H20BrN3O4S/c1-16(2,3)24-15(21)19-6-8-20(9-7-19)25(22,23)14-5-4-13(17)10-12(14)11-18/h4-5,10H,6-9H2,1-3H3. The minimum absolute atomic E-state index is 0.0241. The van der Waals surface area contributed by atoms with Crippen molar-refractivity contribution in [2.75, 3.05) is 26.2 Å². The largest absolute Gasteiger partial charge is 0.444 e. The van der Waals surface area contributed by atoms with Gasteiger partial charge in [-0.1, -0.05) is 15.9 Å². The Bertz CT molecular complexity index is 804. The number of hydrogen-bond donors (Lipinski definition) is 0. The summed E-state index contributed by atoms with van der Waals surface area (Å²) in [6.07, 6.45) is -0.453. The number of nitrogens with zero attached hydrogens (tertiary/aromatic N) is 3. The average Bonchev–Trinajstić information content (AvgIpc) is 2.53. The molecule has 0 N–H and O–H groups in total. The number of rotatable bonds is 2. The molecule has 7 nitrogen and oxygen atoms in total. The molecule has 9 heteroatoms. The molecule has 0 aromatic heterocycles. The van der Waals surface area contributed by atoms with E-state index >= 15 is 0 Å². The molecular formula is C16H20BrN3O4S. The Kier molecular flexibility index (Phi) is 5.76. The molecule has 1 saturated heterocycles. The van der Waals surface area contributed by atoms with Gasteiger partial charge in [-0.3, -0.25) is 0 Å². The summed E-state index contributed by atoms with van der Waals surface area (Å²) in [6, 6.07) is 6.39. The Morgan fingerprint density at radius 3 is 2.36 bits per heavy atom. The lowest BCUT2D eigenvalue weighted by atomic mass is 10.2. The third kappa shape index (κ3) is 4.71. The molecule has 25 heavy (non-hydrogen) atoms. The smallest absolute Gasteiger partial charge is 0.410 e. The van der Waals surface area contributed by atoms with Crippen LogP contribution in [0, 0.1) is 11.3 Å². The number of halogens is 1. The fourth-order valence-corrected chi connectivity index (χ4v) is 4.30. The van der Waals surface area contributed by atoms with Crippen LogP contribution < -0.4 is 0 Å². The van der Waals surface area contributed by atoms with E-state index in [4.69, 9.17) is 4.74 Å². The van der Waals surface area contributed by atoms with Crippen molar-refractivity contribution in [1.82, 2.24) is 9.21 Å². The molecule has 0 spiro atoms. The molecule has 1 aromatic rings. The second kappa shape index (κ2) is 7.32. The first kappa shape index (κ1) is 19.7. The summed E-state index contributed by atoms with van der Waals surface area (Å²) in [5, 5.41) is 9.20. The fraction of sp³-hybridized carbons (Fsp3) is 0.500. The monoisotopic (exact) mass is 429 g/mol. The van der Waals surface area contributed by atoms with Crippen LogP contribution >= 0.6 is 15.9 Å². The van der Waals surface area contributed by atoms with Crippen molar-refractivity contribution < 1.29 is 17.9 Å². The summed E-state index contributed by atoms with van der Waals surface area (Å²) >= 11 is 3.23. The van der Waals surface area contributed by atoms with E-state index in [0.717, 1.165) is 0 Å². The van der Waals surface area contributed by atoms with E-state index in [1.807, 2.05) is 6.07 Å². The lowest BCUT2D eigenvalue weighted by molar-refractivity contribution is 0.0192. The van der Waals surface area contributed by atoms with Crippen LogP contribution in [0.2, 0.25) is 0 Å². The third-order valence-electron chi connectivity index (χ3n) is 3.57. The average molecular weight is 430 g/mol. The molecule has 1 aliphatic rings. The number of carbonyl (C=O) groups excluding carboxylic acids is 1. The summed E-state index contributed by atoms with van der Waals surface area (Å²) in [4.78, 5) is 13.5. The lowest BCUT2D eigenvalue weighted by Crippen LogP contribution is -2.51. The number of hydrogen-bond acceptors (Lipinski definition) is 5. The van der Waals surface area contributed by atoms with Crippen molar-refractivity contribution in [3.63, 3.8) is 0 Å². The predicted octanol–water partition coefficient (Wildman–Crippen LogP) is 2.56. The molecule has 1 amide bonds. The molecule has 0 bridgehead atoms. The van der Waals surface area contributed by atoms with Gasteiger partial charge in [0.1, 0.15) is 16.6 Å². The maximum Gasteiger partial charge on any atom is 0.410 e. The van der Waals surface area contributed by atoms with Crippen LogP contribution in [0.1, 0.15) is 26.3 Å². The summed E-state index contributed by atoms with van der Waals surface area (Å²) in [6.45, 7) is 6.14. The SMILES string of the molecule is CC(C)(C)OC(=O)N1CCN(S(=O)(=O)c2ccc(Br)cc2C#N)CC1. The second-order valence-electron chi connectivity index (χ2n) is 6.62. The van der Waals surface area contributed by atoms with Crippen molar-refractivity contribution >= 4 is 32.0 Å². The Hall–Kier alpha value is -1.63. The van der Waals surface area contributed by atoms with Crippen LogP contribution in [0.5, 0.6) is 0 Å². The van der Waals surface area contributed by atoms with Crippen molar-refractivity contribution in [3.8, 4) is 6.07 Å². The zero-order valence-electron chi connectivity index (χ0n) is 14.3. The van der Waals surface area contributed by atoms with E-state index < -0.39 is 21.7 Å². The highest BCUT2D eigenvalue weighted by Gasteiger charge is 2.33. The van der Waals surface area contributed by atoms with Gasteiger partial charge in [0.05, 0.1) is 5.56 Å². The molecule has 1 aliphatic heterocycles.